The molecule has 2 heteroatoms. The van der Waals surface area contributed by atoms with Crippen LogP contribution in [0, 0.1) is 11.3 Å². The van der Waals surface area contributed by atoms with Crippen LogP contribution in [-0.2, 0) is 0 Å². The van der Waals surface area contributed by atoms with Crippen molar-refractivity contribution in [2.75, 3.05) is 7.11 Å². The molecule has 21 heavy (non-hydrogen) atoms. The number of rotatable bonds is 4. The summed E-state index contributed by atoms with van der Waals surface area (Å²) in [6, 6.07) is 9.42. The molecule has 2 unspecified atom stereocenters. The van der Waals surface area contributed by atoms with E-state index in [4.69, 9.17) is 4.74 Å². The predicted octanol–water partition coefficient (Wildman–Crippen LogP) is 4.95. The largest absolute Gasteiger partial charge is 0.497 e. The van der Waals surface area contributed by atoms with Gasteiger partial charge in [-0.25, -0.2) is 0 Å². The Labute approximate surface area is 130 Å². The van der Waals surface area contributed by atoms with Crippen LogP contribution in [0.4, 0.5) is 0 Å². The summed E-state index contributed by atoms with van der Waals surface area (Å²) in [6.45, 7) is 9.42. The van der Waals surface area contributed by atoms with Crippen molar-refractivity contribution >= 4 is 0 Å². The standard InChI is InChI=1S/C19H31NO/c1-14(15-9-8-10-16(13-15)21-5)20-18-12-7-6-11-17(18)19(2,3)4/h8-10,13-14,17-18,20H,6-7,11-12H2,1-5H3/t14-,17?,18?/m0/s1. The van der Waals surface area contributed by atoms with Gasteiger partial charge in [0.05, 0.1) is 7.11 Å². The van der Waals surface area contributed by atoms with Crippen molar-refractivity contribution in [3.8, 4) is 5.75 Å². The maximum atomic E-state index is 5.34. The number of methoxy groups -OCH3 is 1. The SMILES string of the molecule is COc1cccc([C@H](C)NC2CCCCC2C(C)(C)C)c1. The van der Waals surface area contributed by atoms with Crippen molar-refractivity contribution in [1.29, 1.82) is 0 Å². The lowest BCUT2D eigenvalue weighted by Gasteiger charge is -2.42. The fourth-order valence-electron chi connectivity index (χ4n) is 3.70. The van der Waals surface area contributed by atoms with E-state index in [1.807, 2.05) is 6.07 Å². The number of ether oxygens (including phenoxy) is 1. The molecule has 2 rings (SSSR count). The Hall–Kier alpha value is -1.02. The first-order valence-corrected chi connectivity index (χ1v) is 8.32. The minimum absolute atomic E-state index is 0.369. The van der Waals surface area contributed by atoms with Crippen molar-refractivity contribution in [3.05, 3.63) is 29.8 Å². The summed E-state index contributed by atoms with van der Waals surface area (Å²) in [6.07, 6.45) is 5.39. The van der Waals surface area contributed by atoms with Gasteiger partial charge in [-0.1, -0.05) is 45.7 Å². The van der Waals surface area contributed by atoms with Crippen LogP contribution in [0.15, 0.2) is 24.3 Å². The van der Waals surface area contributed by atoms with E-state index >= 15 is 0 Å². The zero-order chi connectivity index (χ0) is 15.5. The molecular formula is C19H31NO. The van der Waals surface area contributed by atoms with Crippen molar-refractivity contribution in [3.63, 3.8) is 0 Å². The summed E-state index contributed by atoms with van der Waals surface area (Å²) in [7, 11) is 1.73. The lowest BCUT2D eigenvalue weighted by Crippen LogP contribution is -2.45. The molecule has 1 aromatic carbocycles. The smallest absolute Gasteiger partial charge is 0.119 e. The van der Waals surface area contributed by atoms with Crippen LogP contribution in [0.1, 0.15) is 65.0 Å². The molecule has 0 heterocycles. The lowest BCUT2D eigenvalue weighted by atomic mass is 9.69. The van der Waals surface area contributed by atoms with Crippen LogP contribution in [0.2, 0.25) is 0 Å². The fourth-order valence-corrected chi connectivity index (χ4v) is 3.70. The molecule has 0 radical (unpaired) electrons. The van der Waals surface area contributed by atoms with Crippen LogP contribution in [0.5, 0.6) is 5.75 Å². The minimum atomic E-state index is 0.369. The van der Waals surface area contributed by atoms with Gasteiger partial charge < -0.3 is 10.1 Å². The molecule has 0 spiro atoms. The number of hydrogen-bond acceptors (Lipinski definition) is 2. The average Bonchev–Trinajstić information content (AvgIpc) is 2.46. The number of benzene rings is 1. The predicted molar refractivity (Wildman–Crippen MR) is 89.7 cm³/mol. The Bertz CT molecular complexity index is 449. The molecule has 0 aromatic heterocycles. The first kappa shape index (κ1) is 16.4. The summed E-state index contributed by atoms with van der Waals surface area (Å²) in [4.78, 5) is 0. The maximum Gasteiger partial charge on any atom is 0.119 e. The Balaban J connectivity index is 2.07. The Morgan fingerprint density at radius 3 is 2.57 bits per heavy atom. The van der Waals surface area contributed by atoms with Gasteiger partial charge in [0.1, 0.15) is 5.75 Å². The summed E-state index contributed by atoms with van der Waals surface area (Å²) >= 11 is 0. The molecule has 1 fully saturated rings. The second kappa shape index (κ2) is 6.83. The highest BCUT2D eigenvalue weighted by molar-refractivity contribution is 5.30. The van der Waals surface area contributed by atoms with Gasteiger partial charge in [-0.05, 0) is 48.8 Å². The number of hydrogen-bond donors (Lipinski definition) is 1. The molecule has 1 N–H and O–H groups in total. The van der Waals surface area contributed by atoms with E-state index in [-0.39, 0.29) is 0 Å². The second-order valence-corrected chi connectivity index (χ2v) is 7.53. The average molecular weight is 289 g/mol. The third kappa shape index (κ3) is 4.23. The first-order valence-electron chi connectivity index (χ1n) is 8.32. The van der Waals surface area contributed by atoms with Gasteiger partial charge in [0, 0.05) is 12.1 Å². The van der Waals surface area contributed by atoms with Crippen LogP contribution in [-0.4, -0.2) is 13.2 Å². The van der Waals surface area contributed by atoms with E-state index in [0.717, 1.165) is 11.7 Å². The highest BCUT2D eigenvalue weighted by Crippen LogP contribution is 2.38. The zero-order valence-electron chi connectivity index (χ0n) is 14.3. The van der Waals surface area contributed by atoms with Gasteiger partial charge in [0.2, 0.25) is 0 Å². The van der Waals surface area contributed by atoms with E-state index in [2.05, 4.69) is 51.2 Å². The Kier molecular flexibility index (Phi) is 5.32. The fraction of sp³-hybridized carbons (Fsp3) is 0.684. The molecule has 1 aromatic rings. The molecule has 2 nitrogen and oxygen atoms in total. The van der Waals surface area contributed by atoms with E-state index < -0.39 is 0 Å². The van der Waals surface area contributed by atoms with Crippen LogP contribution >= 0.6 is 0 Å². The van der Waals surface area contributed by atoms with Gasteiger partial charge in [-0.15, -0.1) is 0 Å². The Morgan fingerprint density at radius 2 is 1.90 bits per heavy atom. The van der Waals surface area contributed by atoms with Crippen molar-refractivity contribution in [2.24, 2.45) is 11.3 Å². The third-order valence-corrected chi connectivity index (χ3v) is 4.94. The summed E-state index contributed by atoms with van der Waals surface area (Å²) in [5.74, 6) is 1.71. The number of nitrogens with one attached hydrogen (secondary N) is 1. The van der Waals surface area contributed by atoms with Crippen LogP contribution in [0.3, 0.4) is 0 Å². The van der Waals surface area contributed by atoms with E-state index in [1.165, 1.54) is 31.2 Å². The normalized spacial score (nSPS) is 24.6. The van der Waals surface area contributed by atoms with Gasteiger partial charge in [-0.2, -0.15) is 0 Å². The lowest BCUT2D eigenvalue weighted by molar-refractivity contribution is 0.124. The molecule has 0 aliphatic heterocycles. The quantitative estimate of drug-likeness (QED) is 0.846. The van der Waals surface area contributed by atoms with Gasteiger partial charge in [-0.3, -0.25) is 0 Å². The summed E-state index contributed by atoms with van der Waals surface area (Å²) in [5.41, 5.74) is 1.69. The molecule has 1 saturated carbocycles. The molecule has 1 aliphatic rings. The maximum absolute atomic E-state index is 5.34. The molecule has 3 atom stereocenters. The van der Waals surface area contributed by atoms with E-state index in [0.29, 0.717) is 17.5 Å². The minimum Gasteiger partial charge on any atom is -0.497 e. The molecule has 118 valence electrons. The summed E-state index contributed by atoms with van der Waals surface area (Å²) < 4.78 is 5.34. The molecule has 0 saturated heterocycles. The highest BCUT2D eigenvalue weighted by atomic mass is 16.5. The first-order chi connectivity index (χ1) is 9.91. The van der Waals surface area contributed by atoms with E-state index in [1.54, 1.807) is 7.11 Å². The Morgan fingerprint density at radius 1 is 1.19 bits per heavy atom. The second-order valence-electron chi connectivity index (χ2n) is 7.53. The van der Waals surface area contributed by atoms with Crippen LogP contribution < -0.4 is 10.1 Å². The monoisotopic (exact) mass is 289 g/mol. The molecule has 0 amide bonds. The van der Waals surface area contributed by atoms with Gasteiger partial charge in [0.15, 0.2) is 0 Å². The van der Waals surface area contributed by atoms with Crippen LogP contribution in [0.25, 0.3) is 0 Å². The van der Waals surface area contributed by atoms with Crippen molar-refractivity contribution in [2.45, 2.75) is 65.5 Å². The third-order valence-electron chi connectivity index (χ3n) is 4.94. The van der Waals surface area contributed by atoms with Gasteiger partial charge >= 0.3 is 0 Å². The van der Waals surface area contributed by atoms with Crippen molar-refractivity contribution in [1.82, 2.24) is 5.32 Å². The zero-order valence-corrected chi connectivity index (χ0v) is 14.3. The topological polar surface area (TPSA) is 21.3 Å². The molecule has 0 bridgehead atoms. The molecule has 1 aliphatic carbocycles. The van der Waals surface area contributed by atoms with Gasteiger partial charge in [0.25, 0.3) is 0 Å². The highest BCUT2D eigenvalue weighted by Gasteiger charge is 2.34. The van der Waals surface area contributed by atoms with Crippen molar-refractivity contribution < 1.29 is 4.74 Å². The molecular weight excluding hydrogens is 258 g/mol. The summed E-state index contributed by atoms with van der Waals surface area (Å²) in [5, 5.41) is 3.89. The van der Waals surface area contributed by atoms with E-state index in [9.17, 15) is 0 Å².